The number of amides is 1. The molecular weight excluding hydrogens is 422 g/mol. The topological polar surface area (TPSA) is 117 Å². The minimum Gasteiger partial charge on any atom is -0.480 e. The normalized spacial score (nSPS) is 17.5. The molecule has 0 unspecified atom stereocenters. The van der Waals surface area contributed by atoms with Crippen LogP contribution in [-0.2, 0) is 11.2 Å². The highest BCUT2D eigenvalue weighted by molar-refractivity contribution is 5.98. The summed E-state index contributed by atoms with van der Waals surface area (Å²) in [5, 5.41) is 22.5. The Morgan fingerprint density at radius 3 is 2.45 bits per heavy atom. The molecule has 2 N–H and O–H groups in total. The number of nitro groups is 1. The number of hydrogen-bond donors (Lipinski definition) is 2. The minimum absolute atomic E-state index is 0.124. The van der Waals surface area contributed by atoms with Crippen LogP contribution < -0.4 is 0 Å². The number of fused-ring (bicyclic) bond motifs is 3. The lowest BCUT2D eigenvalue weighted by molar-refractivity contribution is -0.384. The van der Waals surface area contributed by atoms with Gasteiger partial charge in [0.15, 0.2) is 0 Å². The van der Waals surface area contributed by atoms with E-state index in [1.807, 2.05) is 24.3 Å². The number of nitrogens with zero attached hydrogens (tertiary/aromatic N) is 2. The summed E-state index contributed by atoms with van der Waals surface area (Å²) in [5.41, 5.74) is 2.96. The average molecular weight is 441 g/mol. The fourth-order valence-corrected chi connectivity index (χ4v) is 4.62. The van der Waals surface area contributed by atoms with Crippen molar-refractivity contribution in [2.45, 2.75) is 18.5 Å². The SMILES string of the molecule is O=C(O)[C@H]1Cc2c([nH]c3ccccc23)[C@H](c2cccc([N+](=O)[O-])c2)N1C(=O)c1ccccc1. The van der Waals surface area contributed by atoms with Crippen molar-refractivity contribution in [3.05, 3.63) is 111 Å². The fraction of sp³-hybridized carbons (Fsp3) is 0.120. The fourth-order valence-electron chi connectivity index (χ4n) is 4.62. The lowest BCUT2D eigenvalue weighted by Crippen LogP contribution is -2.51. The van der Waals surface area contributed by atoms with Crippen LogP contribution in [0, 0.1) is 10.1 Å². The van der Waals surface area contributed by atoms with Gasteiger partial charge in [-0.25, -0.2) is 4.79 Å². The summed E-state index contributed by atoms with van der Waals surface area (Å²) in [6.07, 6.45) is 0.124. The molecule has 0 radical (unpaired) electrons. The van der Waals surface area contributed by atoms with Crippen LogP contribution in [-0.4, -0.2) is 37.8 Å². The Labute approximate surface area is 188 Å². The summed E-state index contributed by atoms with van der Waals surface area (Å²) < 4.78 is 0. The van der Waals surface area contributed by atoms with E-state index >= 15 is 0 Å². The second kappa shape index (κ2) is 7.90. The van der Waals surface area contributed by atoms with Crippen LogP contribution in [0.1, 0.15) is 33.2 Å². The van der Waals surface area contributed by atoms with Crippen LogP contribution in [0.2, 0.25) is 0 Å². The Hall–Kier alpha value is -4.46. The highest BCUT2D eigenvalue weighted by atomic mass is 16.6. The van der Waals surface area contributed by atoms with E-state index in [1.54, 1.807) is 42.5 Å². The monoisotopic (exact) mass is 441 g/mol. The summed E-state index contributed by atoms with van der Waals surface area (Å²) in [6, 6.07) is 20.0. The molecule has 0 saturated carbocycles. The average Bonchev–Trinajstić information content (AvgIpc) is 3.21. The number of aromatic amines is 1. The third kappa shape index (κ3) is 3.41. The molecule has 0 fully saturated rings. The van der Waals surface area contributed by atoms with Gasteiger partial charge in [0.1, 0.15) is 6.04 Å². The van der Waals surface area contributed by atoms with Crippen molar-refractivity contribution in [3.63, 3.8) is 0 Å². The van der Waals surface area contributed by atoms with Crippen molar-refractivity contribution in [1.29, 1.82) is 0 Å². The molecule has 2 atom stereocenters. The first kappa shape index (κ1) is 20.4. The number of nitro benzene ring substituents is 1. The first-order valence-corrected chi connectivity index (χ1v) is 10.4. The molecule has 8 nitrogen and oxygen atoms in total. The second-order valence-electron chi connectivity index (χ2n) is 7.95. The number of rotatable bonds is 4. The Morgan fingerprint density at radius 1 is 1.00 bits per heavy atom. The molecule has 1 aliphatic rings. The molecule has 0 bridgehead atoms. The molecule has 1 aliphatic heterocycles. The van der Waals surface area contributed by atoms with Crippen molar-refractivity contribution >= 4 is 28.5 Å². The van der Waals surface area contributed by atoms with Crippen LogP contribution in [0.25, 0.3) is 10.9 Å². The molecule has 8 heteroatoms. The Morgan fingerprint density at radius 2 is 1.73 bits per heavy atom. The molecule has 1 aromatic heterocycles. The number of non-ortho nitro benzene ring substituents is 1. The van der Waals surface area contributed by atoms with Crippen LogP contribution >= 0.6 is 0 Å². The van der Waals surface area contributed by atoms with Crippen molar-refractivity contribution in [2.75, 3.05) is 0 Å². The highest BCUT2D eigenvalue weighted by Crippen LogP contribution is 2.42. The molecule has 5 rings (SSSR count). The summed E-state index contributed by atoms with van der Waals surface area (Å²) in [4.78, 5) is 41.7. The van der Waals surface area contributed by atoms with E-state index in [9.17, 15) is 24.8 Å². The molecule has 33 heavy (non-hydrogen) atoms. The van der Waals surface area contributed by atoms with Gasteiger partial charge in [-0.3, -0.25) is 14.9 Å². The van der Waals surface area contributed by atoms with E-state index in [0.717, 1.165) is 16.5 Å². The summed E-state index contributed by atoms with van der Waals surface area (Å²) >= 11 is 0. The smallest absolute Gasteiger partial charge is 0.326 e. The van der Waals surface area contributed by atoms with E-state index in [4.69, 9.17) is 0 Å². The number of carbonyl (C=O) groups excluding carboxylic acids is 1. The Kier molecular flexibility index (Phi) is 4.90. The predicted octanol–water partition coefficient (Wildman–Crippen LogP) is 4.32. The van der Waals surface area contributed by atoms with Gasteiger partial charge >= 0.3 is 5.97 Å². The predicted molar refractivity (Wildman–Crippen MR) is 121 cm³/mol. The number of benzene rings is 3. The maximum Gasteiger partial charge on any atom is 0.326 e. The van der Waals surface area contributed by atoms with Crippen molar-refractivity contribution in [1.82, 2.24) is 9.88 Å². The largest absolute Gasteiger partial charge is 0.480 e. The van der Waals surface area contributed by atoms with Gasteiger partial charge in [0.25, 0.3) is 11.6 Å². The van der Waals surface area contributed by atoms with Gasteiger partial charge in [0.2, 0.25) is 0 Å². The lowest BCUT2D eigenvalue weighted by Gasteiger charge is -2.40. The second-order valence-corrected chi connectivity index (χ2v) is 7.95. The molecule has 0 aliphatic carbocycles. The van der Waals surface area contributed by atoms with Gasteiger partial charge in [-0.15, -0.1) is 0 Å². The number of aliphatic carboxylic acids is 1. The standard InChI is InChI=1S/C25H19N3O5/c29-24(15-7-2-1-3-8-15)27-21(25(30)31)14-19-18-11-4-5-12-20(18)26-22(19)23(27)16-9-6-10-17(13-16)28(32)33/h1-13,21,23,26H,14H2,(H,30,31)/t21-,23+/m1/s1. The van der Waals surface area contributed by atoms with Gasteiger partial charge in [0.05, 0.1) is 11.0 Å². The zero-order chi connectivity index (χ0) is 23.1. The molecule has 2 heterocycles. The van der Waals surface area contributed by atoms with E-state index in [2.05, 4.69) is 4.98 Å². The minimum atomic E-state index is -1.14. The molecule has 3 aromatic carbocycles. The number of carboxylic acid groups (broad SMARTS) is 1. The van der Waals surface area contributed by atoms with Crippen molar-refractivity contribution in [2.24, 2.45) is 0 Å². The molecular formula is C25H19N3O5. The number of H-pyrrole nitrogens is 1. The maximum atomic E-state index is 13.7. The molecule has 0 saturated heterocycles. The van der Waals surface area contributed by atoms with Crippen LogP contribution in [0.15, 0.2) is 78.9 Å². The molecule has 164 valence electrons. The van der Waals surface area contributed by atoms with Gasteiger partial charge < -0.3 is 15.0 Å². The number of aromatic nitrogens is 1. The highest BCUT2D eigenvalue weighted by Gasteiger charge is 2.44. The van der Waals surface area contributed by atoms with E-state index in [0.29, 0.717) is 16.8 Å². The number of hydrogen-bond acceptors (Lipinski definition) is 4. The number of carbonyl (C=O) groups is 2. The third-order valence-corrected chi connectivity index (χ3v) is 6.07. The Balaban J connectivity index is 1.77. The van der Waals surface area contributed by atoms with Gasteiger partial charge in [-0.1, -0.05) is 48.5 Å². The molecule has 0 spiro atoms. The summed E-state index contributed by atoms with van der Waals surface area (Å²) in [6.45, 7) is 0. The summed E-state index contributed by atoms with van der Waals surface area (Å²) in [5.74, 6) is -1.59. The van der Waals surface area contributed by atoms with Crippen molar-refractivity contribution < 1.29 is 19.6 Å². The van der Waals surface area contributed by atoms with Crippen LogP contribution in [0.4, 0.5) is 5.69 Å². The maximum absolute atomic E-state index is 13.7. The van der Waals surface area contributed by atoms with E-state index in [-0.39, 0.29) is 12.1 Å². The molecule has 4 aromatic rings. The molecule has 1 amide bonds. The third-order valence-electron chi connectivity index (χ3n) is 6.07. The van der Waals surface area contributed by atoms with Gasteiger partial charge in [-0.2, -0.15) is 0 Å². The van der Waals surface area contributed by atoms with Crippen LogP contribution in [0.5, 0.6) is 0 Å². The van der Waals surface area contributed by atoms with Gasteiger partial charge in [-0.05, 0) is 29.3 Å². The van der Waals surface area contributed by atoms with Crippen LogP contribution in [0.3, 0.4) is 0 Å². The van der Waals surface area contributed by atoms with Crippen molar-refractivity contribution in [3.8, 4) is 0 Å². The first-order valence-electron chi connectivity index (χ1n) is 10.4. The van der Waals surface area contributed by atoms with E-state index in [1.165, 1.54) is 17.0 Å². The number of nitrogens with one attached hydrogen (secondary N) is 1. The first-order chi connectivity index (χ1) is 16.0. The lowest BCUT2D eigenvalue weighted by atomic mass is 9.87. The summed E-state index contributed by atoms with van der Waals surface area (Å²) in [7, 11) is 0. The Bertz CT molecular complexity index is 1400. The zero-order valence-corrected chi connectivity index (χ0v) is 17.3. The van der Waals surface area contributed by atoms with E-state index < -0.39 is 28.9 Å². The zero-order valence-electron chi connectivity index (χ0n) is 17.3. The number of para-hydroxylation sites is 1. The number of carboxylic acids is 1. The quantitative estimate of drug-likeness (QED) is 0.361. The van der Waals surface area contributed by atoms with Gasteiger partial charge in [0, 0.05) is 40.7 Å².